The molecule has 2 N–H and O–H groups in total. The van der Waals surface area contributed by atoms with Crippen LogP contribution in [-0.2, 0) is 24.4 Å². The SMILES string of the molecule is CC(C)[C@]1(C(=O)N2CCc3ccc(CF)cc3C2)CCC(N)C1. The second kappa shape index (κ2) is 6.23. The first-order valence-corrected chi connectivity index (χ1v) is 8.68. The number of hydrogen-bond donors (Lipinski definition) is 1. The lowest BCUT2D eigenvalue weighted by molar-refractivity contribution is -0.145. The smallest absolute Gasteiger partial charge is 0.229 e. The Labute approximate surface area is 138 Å². The van der Waals surface area contributed by atoms with Crippen molar-refractivity contribution < 1.29 is 9.18 Å². The van der Waals surface area contributed by atoms with Crippen molar-refractivity contribution >= 4 is 5.91 Å². The van der Waals surface area contributed by atoms with Crippen molar-refractivity contribution in [3.8, 4) is 0 Å². The van der Waals surface area contributed by atoms with Crippen LogP contribution in [0.4, 0.5) is 4.39 Å². The Morgan fingerprint density at radius 1 is 1.43 bits per heavy atom. The highest BCUT2D eigenvalue weighted by Crippen LogP contribution is 2.45. The quantitative estimate of drug-likeness (QED) is 0.930. The zero-order valence-corrected chi connectivity index (χ0v) is 14.1. The van der Waals surface area contributed by atoms with Crippen LogP contribution in [0.2, 0.25) is 0 Å². The van der Waals surface area contributed by atoms with Gasteiger partial charge in [0, 0.05) is 19.1 Å². The Morgan fingerprint density at radius 3 is 2.83 bits per heavy atom. The van der Waals surface area contributed by atoms with Crippen LogP contribution in [-0.4, -0.2) is 23.4 Å². The topological polar surface area (TPSA) is 46.3 Å². The van der Waals surface area contributed by atoms with E-state index < -0.39 is 6.67 Å². The molecule has 3 nitrogen and oxygen atoms in total. The Morgan fingerprint density at radius 2 is 2.22 bits per heavy atom. The summed E-state index contributed by atoms with van der Waals surface area (Å²) in [6.45, 7) is 5.17. The molecular weight excluding hydrogens is 291 g/mol. The Balaban J connectivity index is 1.83. The molecule has 1 aromatic rings. The molecule has 1 aromatic carbocycles. The molecule has 1 heterocycles. The molecule has 3 rings (SSSR count). The standard InChI is InChI=1S/C19H27FN2O/c1-13(2)19(7-5-17(21)10-19)18(23)22-8-6-15-4-3-14(11-20)9-16(15)12-22/h3-4,9,13,17H,5-8,10-12,21H2,1-2H3/t17?,19-/m0/s1. The molecule has 2 atom stereocenters. The van der Waals surface area contributed by atoms with E-state index in [-0.39, 0.29) is 17.4 Å². The number of alkyl halides is 1. The van der Waals surface area contributed by atoms with Gasteiger partial charge >= 0.3 is 0 Å². The Kier molecular flexibility index (Phi) is 4.45. The number of carbonyl (C=O) groups excluding carboxylic acids is 1. The third-order valence-electron chi connectivity index (χ3n) is 5.84. The molecule has 23 heavy (non-hydrogen) atoms. The molecule has 1 unspecified atom stereocenters. The number of carbonyl (C=O) groups is 1. The number of nitrogens with two attached hydrogens (primary N) is 1. The van der Waals surface area contributed by atoms with Crippen molar-refractivity contribution in [3.63, 3.8) is 0 Å². The van der Waals surface area contributed by atoms with Crippen molar-refractivity contribution in [1.29, 1.82) is 0 Å². The lowest BCUT2D eigenvalue weighted by Crippen LogP contribution is -2.48. The molecule has 1 amide bonds. The monoisotopic (exact) mass is 318 g/mol. The Bertz CT molecular complexity index is 601. The van der Waals surface area contributed by atoms with Crippen LogP contribution >= 0.6 is 0 Å². The van der Waals surface area contributed by atoms with Gasteiger partial charge in [0.05, 0.1) is 5.41 Å². The summed E-state index contributed by atoms with van der Waals surface area (Å²) in [4.78, 5) is 15.2. The molecule has 0 bridgehead atoms. The van der Waals surface area contributed by atoms with Crippen LogP contribution in [0.3, 0.4) is 0 Å². The van der Waals surface area contributed by atoms with Gasteiger partial charge in [-0.3, -0.25) is 4.79 Å². The number of halogens is 1. The number of benzene rings is 1. The van der Waals surface area contributed by atoms with Crippen molar-refractivity contribution in [3.05, 3.63) is 34.9 Å². The van der Waals surface area contributed by atoms with Gasteiger partial charge in [0.15, 0.2) is 0 Å². The summed E-state index contributed by atoms with van der Waals surface area (Å²) in [5, 5.41) is 0. The van der Waals surface area contributed by atoms with Crippen molar-refractivity contribution in [2.45, 2.75) is 58.8 Å². The molecule has 1 aliphatic carbocycles. The molecule has 4 heteroatoms. The third kappa shape index (κ3) is 2.89. The number of nitrogens with zero attached hydrogens (tertiary/aromatic N) is 1. The van der Waals surface area contributed by atoms with Gasteiger partial charge in [-0.15, -0.1) is 0 Å². The van der Waals surface area contributed by atoms with E-state index in [1.54, 1.807) is 0 Å². The van der Waals surface area contributed by atoms with Crippen LogP contribution in [0.15, 0.2) is 18.2 Å². The van der Waals surface area contributed by atoms with E-state index >= 15 is 0 Å². The van der Waals surface area contributed by atoms with E-state index in [4.69, 9.17) is 5.73 Å². The molecule has 1 fully saturated rings. The van der Waals surface area contributed by atoms with Gasteiger partial charge in [0.25, 0.3) is 0 Å². The molecule has 0 aromatic heterocycles. The lowest BCUT2D eigenvalue weighted by Gasteiger charge is -2.39. The van der Waals surface area contributed by atoms with Crippen molar-refractivity contribution in [2.75, 3.05) is 6.54 Å². The maximum atomic E-state index is 13.3. The van der Waals surface area contributed by atoms with Gasteiger partial charge in [-0.2, -0.15) is 0 Å². The Hall–Kier alpha value is -1.42. The van der Waals surface area contributed by atoms with Crippen LogP contribution < -0.4 is 5.73 Å². The van der Waals surface area contributed by atoms with E-state index in [1.807, 2.05) is 23.1 Å². The number of rotatable bonds is 3. The summed E-state index contributed by atoms with van der Waals surface area (Å²) in [6.07, 6.45) is 3.46. The average Bonchev–Trinajstić information content (AvgIpc) is 2.96. The van der Waals surface area contributed by atoms with E-state index in [9.17, 15) is 9.18 Å². The molecule has 0 spiro atoms. The highest BCUT2D eigenvalue weighted by molar-refractivity contribution is 5.83. The summed E-state index contributed by atoms with van der Waals surface area (Å²) in [7, 11) is 0. The minimum atomic E-state index is -0.452. The zero-order chi connectivity index (χ0) is 16.6. The van der Waals surface area contributed by atoms with Gasteiger partial charge in [-0.1, -0.05) is 32.0 Å². The molecule has 0 saturated heterocycles. The van der Waals surface area contributed by atoms with Crippen molar-refractivity contribution in [1.82, 2.24) is 4.90 Å². The highest BCUT2D eigenvalue weighted by atomic mass is 19.1. The fourth-order valence-electron chi connectivity index (χ4n) is 4.26. The van der Waals surface area contributed by atoms with Crippen LogP contribution in [0.25, 0.3) is 0 Å². The number of hydrogen-bond acceptors (Lipinski definition) is 2. The van der Waals surface area contributed by atoms with Gasteiger partial charge in [0.2, 0.25) is 5.91 Å². The molecule has 126 valence electrons. The van der Waals surface area contributed by atoms with E-state index in [1.165, 1.54) is 5.56 Å². The van der Waals surface area contributed by atoms with Crippen LogP contribution in [0.5, 0.6) is 0 Å². The normalized spacial score (nSPS) is 27.3. The maximum absolute atomic E-state index is 13.3. The molecule has 1 saturated carbocycles. The summed E-state index contributed by atoms with van der Waals surface area (Å²) in [6, 6.07) is 5.91. The number of amides is 1. The predicted octanol–water partition coefficient (Wildman–Crippen LogP) is 3.19. The molecule has 0 radical (unpaired) electrons. The minimum Gasteiger partial charge on any atom is -0.338 e. The van der Waals surface area contributed by atoms with Gasteiger partial charge in [-0.05, 0) is 48.3 Å². The first-order valence-electron chi connectivity index (χ1n) is 8.68. The fourth-order valence-corrected chi connectivity index (χ4v) is 4.26. The largest absolute Gasteiger partial charge is 0.338 e. The summed E-state index contributed by atoms with van der Waals surface area (Å²) < 4.78 is 12.9. The van der Waals surface area contributed by atoms with Gasteiger partial charge < -0.3 is 10.6 Å². The maximum Gasteiger partial charge on any atom is 0.229 e. The molecular formula is C19H27FN2O. The number of fused-ring (bicyclic) bond motifs is 1. The molecule has 2 aliphatic rings. The third-order valence-corrected chi connectivity index (χ3v) is 5.84. The minimum absolute atomic E-state index is 0.136. The van der Waals surface area contributed by atoms with E-state index in [0.717, 1.165) is 37.8 Å². The van der Waals surface area contributed by atoms with Crippen LogP contribution in [0, 0.1) is 11.3 Å². The summed E-state index contributed by atoms with van der Waals surface area (Å²) in [5.74, 6) is 0.541. The average molecular weight is 318 g/mol. The lowest BCUT2D eigenvalue weighted by atomic mass is 9.74. The summed E-state index contributed by atoms with van der Waals surface area (Å²) >= 11 is 0. The first-order chi connectivity index (χ1) is 11.0. The van der Waals surface area contributed by atoms with E-state index in [2.05, 4.69) is 13.8 Å². The van der Waals surface area contributed by atoms with E-state index in [0.29, 0.717) is 18.0 Å². The predicted molar refractivity (Wildman–Crippen MR) is 89.5 cm³/mol. The highest BCUT2D eigenvalue weighted by Gasteiger charge is 2.48. The first kappa shape index (κ1) is 16.4. The van der Waals surface area contributed by atoms with Gasteiger partial charge in [0.1, 0.15) is 6.67 Å². The molecule has 1 aliphatic heterocycles. The zero-order valence-electron chi connectivity index (χ0n) is 14.1. The van der Waals surface area contributed by atoms with Gasteiger partial charge in [-0.25, -0.2) is 4.39 Å². The summed E-state index contributed by atoms with van der Waals surface area (Å²) in [5.41, 5.74) is 8.84. The van der Waals surface area contributed by atoms with Crippen molar-refractivity contribution in [2.24, 2.45) is 17.1 Å². The van der Waals surface area contributed by atoms with Crippen LogP contribution in [0.1, 0.15) is 49.8 Å². The fraction of sp³-hybridized carbons (Fsp3) is 0.632. The second-order valence-electron chi connectivity index (χ2n) is 7.53. The second-order valence-corrected chi connectivity index (χ2v) is 7.53.